The zero-order chi connectivity index (χ0) is 13.4. The molecule has 0 fully saturated rings. The molecule has 0 aliphatic carbocycles. The first kappa shape index (κ1) is 12.8. The Labute approximate surface area is 122 Å². The van der Waals surface area contributed by atoms with Crippen molar-refractivity contribution in [2.45, 2.75) is 24.8 Å². The van der Waals surface area contributed by atoms with E-state index in [2.05, 4.69) is 24.7 Å². The van der Waals surface area contributed by atoms with Crippen molar-refractivity contribution in [3.05, 3.63) is 27.5 Å². The molecular weight excluding hydrogens is 304 g/mol. The van der Waals surface area contributed by atoms with Crippen LogP contribution in [0, 0.1) is 13.8 Å². The van der Waals surface area contributed by atoms with Gasteiger partial charge in [-0.2, -0.15) is 4.98 Å². The van der Waals surface area contributed by atoms with Crippen LogP contribution in [0.15, 0.2) is 11.2 Å². The van der Waals surface area contributed by atoms with Gasteiger partial charge in [-0.1, -0.05) is 27.9 Å². The minimum Gasteiger partial charge on any atom is -0.216 e. The number of aromatic nitrogens is 6. The predicted molar refractivity (Wildman–Crippen MR) is 74.7 cm³/mol. The molecule has 0 aliphatic rings. The average molecular weight is 313 g/mol. The summed E-state index contributed by atoms with van der Waals surface area (Å²) in [6.07, 6.45) is 0. The minimum absolute atomic E-state index is 0.601. The van der Waals surface area contributed by atoms with Gasteiger partial charge in [0.2, 0.25) is 5.16 Å². The molecule has 3 aromatic rings. The van der Waals surface area contributed by atoms with Gasteiger partial charge in [0.15, 0.2) is 0 Å². The van der Waals surface area contributed by atoms with Crippen LogP contribution in [0.1, 0.15) is 17.1 Å². The van der Waals surface area contributed by atoms with E-state index < -0.39 is 0 Å². The molecule has 0 bridgehead atoms. The summed E-state index contributed by atoms with van der Waals surface area (Å²) >= 11 is 8.60. The first-order valence-corrected chi connectivity index (χ1v) is 7.58. The van der Waals surface area contributed by atoms with Crippen LogP contribution in [0.25, 0.3) is 5.78 Å². The first-order chi connectivity index (χ1) is 9.13. The Hall–Kier alpha value is -1.25. The lowest BCUT2D eigenvalue weighted by Crippen LogP contribution is -1.97. The third-order valence-electron chi connectivity index (χ3n) is 2.45. The summed E-state index contributed by atoms with van der Waals surface area (Å²) in [5, 5.41) is 9.01. The molecule has 19 heavy (non-hydrogen) atoms. The van der Waals surface area contributed by atoms with E-state index in [0.29, 0.717) is 21.0 Å². The number of hydrogen-bond donors (Lipinski definition) is 0. The van der Waals surface area contributed by atoms with Crippen molar-refractivity contribution in [1.29, 1.82) is 0 Å². The number of thioether (sulfide) groups is 1. The second-order valence-electron chi connectivity index (χ2n) is 3.93. The topological polar surface area (TPSA) is 68.9 Å². The Balaban J connectivity index is 1.86. The molecular formula is C10H9ClN6S2. The number of hydrogen-bond acceptors (Lipinski definition) is 7. The largest absolute Gasteiger partial charge is 0.253 e. The van der Waals surface area contributed by atoms with Gasteiger partial charge >= 0.3 is 0 Å². The highest BCUT2D eigenvalue weighted by atomic mass is 35.5. The summed E-state index contributed by atoms with van der Waals surface area (Å²) in [5.41, 5.74) is 2.70. The number of halogens is 1. The van der Waals surface area contributed by atoms with Crippen LogP contribution in [0.2, 0.25) is 4.34 Å². The molecule has 0 aliphatic heterocycles. The van der Waals surface area contributed by atoms with Crippen LogP contribution < -0.4 is 0 Å². The number of nitrogens with zero attached hydrogens (tertiary/aromatic N) is 6. The number of aryl methyl sites for hydroxylation is 2. The molecule has 0 unspecified atom stereocenters. The van der Waals surface area contributed by atoms with E-state index in [1.807, 2.05) is 19.9 Å². The summed E-state index contributed by atoms with van der Waals surface area (Å²) in [5.74, 6) is 1.21. The summed E-state index contributed by atoms with van der Waals surface area (Å²) in [6.45, 7) is 3.92. The third-order valence-corrected chi connectivity index (χ3v) is 4.28. The van der Waals surface area contributed by atoms with Crippen LogP contribution in [0.5, 0.6) is 0 Å². The molecule has 98 valence electrons. The van der Waals surface area contributed by atoms with Gasteiger partial charge in [0.05, 0.1) is 0 Å². The lowest BCUT2D eigenvalue weighted by Gasteiger charge is -1.97. The summed E-state index contributed by atoms with van der Waals surface area (Å²) in [4.78, 5) is 8.72. The van der Waals surface area contributed by atoms with Crippen LogP contribution in [0.4, 0.5) is 0 Å². The fourth-order valence-corrected chi connectivity index (χ4v) is 3.18. The zero-order valence-corrected chi connectivity index (χ0v) is 12.6. The minimum atomic E-state index is 0.601. The Bertz CT molecular complexity index is 737. The molecule has 0 radical (unpaired) electrons. The maximum absolute atomic E-state index is 5.95. The van der Waals surface area contributed by atoms with E-state index in [1.165, 1.54) is 23.3 Å². The van der Waals surface area contributed by atoms with Crippen molar-refractivity contribution in [2.75, 3.05) is 0 Å². The maximum atomic E-state index is 5.95. The lowest BCUT2D eigenvalue weighted by atomic mass is 10.4. The highest BCUT2D eigenvalue weighted by Crippen LogP contribution is 2.25. The van der Waals surface area contributed by atoms with Gasteiger partial charge in [0, 0.05) is 28.7 Å². The monoisotopic (exact) mass is 312 g/mol. The maximum Gasteiger partial charge on any atom is 0.253 e. The Morgan fingerprint density at radius 2 is 2.21 bits per heavy atom. The summed E-state index contributed by atoms with van der Waals surface area (Å²) in [7, 11) is 0. The molecule has 3 heterocycles. The molecule has 0 spiro atoms. The fraction of sp³-hybridized carbons (Fsp3) is 0.300. The summed E-state index contributed by atoms with van der Waals surface area (Å²) < 4.78 is 6.14. The highest BCUT2D eigenvalue weighted by Gasteiger charge is 2.11. The Morgan fingerprint density at radius 1 is 1.37 bits per heavy atom. The van der Waals surface area contributed by atoms with Crippen molar-refractivity contribution >= 4 is 40.7 Å². The normalized spacial score (nSPS) is 11.3. The van der Waals surface area contributed by atoms with Crippen LogP contribution >= 0.6 is 34.9 Å². The van der Waals surface area contributed by atoms with Gasteiger partial charge in [-0.15, -0.1) is 10.2 Å². The van der Waals surface area contributed by atoms with Crippen LogP contribution in [0.3, 0.4) is 0 Å². The number of fused-ring (bicyclic) bond motifs is 1. The van der Waals surface area contributed by atoms with Crippen LogP contribution in [-0.2, 0) is 5.75 Å². The first-order valence-electron chi connectivity index (χ1n) is 5.44. The SMILES string of the molecule is Cc1cc(C)n2nc(SCc3nnsc3Cl)nc2n1. The van der Waals surface area contributed by atoms with Gasteiger partial charge in [-0.25, -0.2) is 9.50 Å². The second-order valence-corrected chi connectivity index (χ2v) is 6.23. The van der Waals surface area contributed by atoms with E-state index in [4.69, 9.17) is 11.6 Å². The van der Waals surface area contributed by atoms with Gasteiger partial charge in [-0.3, -0.25) is 0 Å². The molecule has 0 atom stereocenters. The van der Waals surface area contributed by atoms with Gasteiger partial charge in [-0.05, 0) is 19.9 Å². The fourth-order valence-electron chi connectivity index (χ4n) is 1.63. The molecule has 0 saturated heterocycles. The van der Waals surface area contributed by atoms with E-state index in [1.54, 1.807) is 4.52 Å². The number of rotatable bonds is 3. The Morgan fingerprint density at radius 3 is 2.95 bits per heavy atom. The Kier molecular flexibility index (Phi) is 3.38. The predicted octanol–water partition coefficient (Wildman–Crippen LogP) is 2.54. The van der Waals surface area contributed by atoms with E-state index in [9.17, 15) is 0 Å². The van der Waals surface area contributed by atoms with Gasteiger partial charge < -0.3 is 0 Å². The molecule has 3 rings (SSSR count). The molecule has 0 saturated carbocycles. The highest BCUT2D eigenvalue weighted by molar-refractivity contribution is 7.98. The zero-order valence-electron chi connectivity index (χ0n) is 10.2. The lowest BCUT2D eigenvalue weighted by molar-refractivity contribution is 0.843. The van der Waals surface area contributed by atoms with Crippen LogP contribution in [-0.4, -0.2) is 29.2 Å². The van der Waals surface area contributed by atoms with E-state index >= 15 is 0 Å². The van der Waals surface area contributed by atoms with E-state index in [-0.39, 0.29) is 0 Å². The van der Waals surface area contributed by atoms with Gasteiger partial charge in [0.1, 0.15) is 10.0 Å². The van der Waals surface area contributed by atoms with Crippen molar-refractivity contribution < 1.29 is 0 Å². The molecule has 3 aromatic heterocycles. The standard InChI is InChI=1S/C10H9ClN6S2/c1-5-3-6(2)17-9(12-5)13-10(15-17)18-4-7-8(11)19-16-14-7/h3H,4H2,1-2H3. The molecule has 0 amide bonds. The smallest absolute Gasteiger partial charge is 0.216 e. The van der Waals surface area contributed by atoms with Crippen molar-refractivity contribution in [3.8, 4) is 0 Å². The summed E-state index contributed by atoms with van der Waals surface area (Å²) in [6, 6.07) is 1.97. The van der Waals surface area contributed by atoms with Crippen molar-refractivity contribution in [2.24, 2.45) is 0 Å². The van der Waals surface area contributed by atoms with Crippen molar-refractivity contribution in [3.63, 3.8) is 0 Å². The van der Waals surface area contributed by atoms with Gasteiger partial charge in [0.25, 0.3) is 5.78 Å². The van der Waals surface area contributed by atoms with Crippen molar-refractivity contribution in [1.82, 2.24) is 29.2 Å². The molecule has 6 nitrogen and oxygen atoms in total. The van der Waals surface area contributed by atoms with E-state index in [0.717, 1.165) is 17.1 Å². The molecule has 0 aromatic carbocycles. The average Bonchev–Trinajstić information content (AvgIpc) is 2.92. The third kappa shape index (κ3) is 2.56. The quantitative estimate of drug-likeness (QED) is 0.692. The molecule has 0 N–H and O–H groups in total. The second kappa shape index (κ2) is 5.03. The molecule has 9 heteroatoms.